The van der Waals surface area contributed by atoms with Crippen molar-refractivity contribution in [3.8, 4) is 0 Å². The molecule has 0 unspecified atom stereocenters. The van der Waals surface area contributed by atoms with Gasteiger partial charge >= 0.3 is 0 Å². The van der Waals surface area contributed by atoms with E-state index in [1.807, 2.05) is 0 Å². The number of rotatable bonds is 10. The monoisotopic (exact) mass is 270 g/mol. The van der Waals surface area contributed by atoms with Crippen molar-refractivity contribution in [3.63, 3.8) is 0 Å². The van der Waals surface area contributed by atoms with Crippen molar-refractivity contribution in [2.45, 2.75) is 79.3 Å². The van der Waals surface area contributed by atoms with E-state index in [9.17, 15) is 4.79 Å². The van der Waals surface area contributed by atoms with E-state index in [0.29, 0.717) is 30.3 Å². The van der Waals surface area contributed by atoms with Gasteiger partial charge in [0.2, 0.25) is 5.91 Å². The van der Waals surface area contributed by atoms with Crippen LogP contribution in [-0.2, 0) is 4.79 Å². The molecular formula is C16H34N2O. The molecule has 0 aliphatic carbocycles. The lowest BCUT2D eigenvalue weighted by Gasteiger charge is -2.32. The van der Waals surface area contributed by atoms with Gasteiger partial charge in [-0.3, -0.25) is 4.79 Å². The molecule has 0 aliphatic rings. The number of carbonyl (C=O) groups is 1. The highest BCUT2D eigenvalue weighted by atomic mass is 16.2. The second-order valence-electron chi connectivity index (χ2n) is 6.12. The van der Waals surface area contributed by atoms with E-state index in [2.05, 4.69) is 51.8 Å². The van der Waals surface area contributed by atoms with Gasteiger partial charge in [0.25, 0.3) is 0 Å². The average Bonchev–Trinajstić information content (AvgIpc) is 2.34. The largest absolute Gasteiger partial charge is 0.339 e. The molecule has 0 aromatic heterocycles. The predicted molar refractivity (Wildman–Crippen MR) is 83.3 cm³/mol. The Morgan fingerprint density at radius 2 is 1.68 bits per heavy atom. The summed E-state index contributed by atoms with van der Waals surface area (Å²) in [5, 5.41) is 3.37. The van der Waals surface area contributed by atoms with Crippen molar-refractivity contribution in [2.75, 3.05) is 13.1 Å². The molecular weight excluding hydrogens is 236 g/mol. The van der Waals surface area contributed by atoms with Crippen LogP contribution in [0.3, 0.4) is 0 Å². The Labute approximate surface area is 120 Å². The fourth-order valence-corrected chi connectivity index (χ4v) is 2.35. The van der Waals surface area contributed by atoms with Crippen LogP contribution in [0.2, 0.25) is 0 Å². The number of hydrogen-bond acceptors (Lipinski definition) is 2. The predicted octanol–water partition coefficient (Wildman–Crippen LogP) is 3.44. The van der Waals surface area contributed by atoms with Crippen molar-refractivity contribution in [1.82, 2.24) is 10.2 Å². The molecule has 0 heterocycles. The molecule has 19 heavy (non-hydrogen) atoms. The van der Waals surface area contributed by atoms with E-state index in [-0.39, 0.29) is 0 Å². The van der Waals surface area contributed by atoms with Gasteiger partial charge in [-0.2, -0.15) is 0 Å². The minimum Gasteiger partial charge on any atom is -0.339 e. The third-order valence-electron chi connectivity index (χ3n) is 3.39. The number of hydrogen-bond donors (Lipinski definition) is 1. The highest BCUT2D eigenvalue weighted by molar-refractivity contribution is 5.76. The van der Waals surface area contributed by atoms with Gasteiger partial charge in [0.15, 0.2) is 0 Å². The molecule has 3 heteroatoms. The summed E-state index contributed by atoms with van der Waals surface area (Å²) in [5.41, 5.74) is 0. The first kappa shape index (κ1) is 18.4. The molecule has 0 saturated carbocycles. The van der Waals surface area contributed by atoms with Gasteiger partial charge in [0, 0.05) is 25.0 Å². The quantitative estimate of drug-likeness (QED) is 0.617. The molecule has 0 bridgehead atoms. The molecule has 0 aromatic rings. The first-order valence-corrected chi connectivity index (χ1v) is 7.95. The van der Waals surface area contributed by atoms with Gasteiger partial charge in [-0.05, 0) is 31.7 Å². The van der Waals surface area contributed by atoms with Crippen LogP contribution in [0.4, 0.5) is 0 Å². The van der Waals surface area contributed by atoms with Crippen molar-refractivity contribution >= 4 is 5.91 Å². The summed E-state index contributed by atoms with van der Waals surface area (Å²) >= 11 is 0. The number of carbonyl (C=O) groups excluding carboxylic acids is 1. The van der Waals surface area contributed by atoms with E-state index < -0.39 is 0 Å². The SMILES string of the molecule is CCC(CC)N(CC(C)C)C(=O)CCCNC(C)C. The normalized spacial score (nSPS) is 11.6. The van der Waals surface area contributed by atoms with E-state index in [4.69, 9.17) is 0 Å². The van der Waals surface area contributed by atoms with Gasteiger partial charge in [-0.25, -0.2) is 0 Å². The molecule has 3 nitrogen and oxygen atoms in total. The fourth-order valence-electron chi connectivity index (χ4n) is 2.35. The van der Waals surface area contributed by atoms with Crippen LogP contribution < -0.4 is 5.32 Å². The summed E-state index contributed by atoms with van der Waals surface area (Å²) in [6.45, 7) is 14.8. The second-order valence-corrected chi connectivity index (χ2v) is 6.12. The molecule has 1 N–H and O–H groups in total. The average molecular weight is 270 g/mol. The number of nitrogens with one attached hydrogen (secondary N) is 1. The van der Waals surface area contributed by atoms with Crippen LogP contribution in [0, 0.1) is 5.92 Å². The lowest BCUT2D eigenvalue weighted by molar-refractivity contribution is -0.134. The summed E-state index contributed by atoms with van der Waals surface area (Å²) < 4.78 is 0. The molecule has 0 fully saturated rings. The minimum atomic E-state index is 0.327. The Morgan fingerprint density at radius 3 is 2.11 bits per heavy atom. The zero-order chi connectivity index (χ0) is 14.8. The zero-order valence-electron chi connectivity index (χ0n) is 13.8. The van der Waals surface area contributed by atoms with Crippen LogP contribution >= 0.6 is 0 Å². The smallest absolute Gasteiger partial charge is 0.222 e. The third kappa shape index (κ3) is 8.25. The van der Waals surface area contributed by atoms with Gasteiger partial charge in [-0.1, -0.05) is 41.5 Å². The molecule has 0 aromatic carbocycles. The van der Waals surface area contributed by atoms with E-state index >= 15 is 0 Å². The Morgan fingerprint density at radius 1 is 1.11 bits per heavy atom. The number of nitrogens with zero attached hydrogens (tertiary/aromatic N) is 1. The highest BCUT2D eigenvalue weighted by Gasteiger charge is 2.21. The Balaban J connectivity index is 4.29. The van der Waals surface area contributed by atoms with Crippen LogP contribution in [0.1, 0.15) is 67.2 Å². The van der Waals surface area contributed by atoms with Crippen molar-refractivity contribution in [1.29, 1.82) is 0 Å². The summed E-state index contributed by atoms with van der Waals surface area (Å²) in [6, 6.07) is 0.911. The Hall–Kier alpha value is -0.570. The summed E-state index contributed by atoms with van der Waals surface area (Å²) in [4.78, 5) is 14.5. The van der Waals surface area contributed by atoms with Crippen LogP contribution in [0.25, 0.3) is 0 Å². The van der Waals surface area contributed by atoms with Crippen molar-refractivity contribution < 1.29 is 4.79 Å². The Kier molecular flexibility index (Phi) is 9.94. The fraction of sp³-hybridized carbons (Fsp3) is 0.938. The van der Waals surface area contributed by atoms with E-state index in [1.165, 1.54) is 0 Å². The Bertz CT molecular complexity index is 235. The molecule has 114 valence electrons. The zero-order valence-corrected chi connectivity index (χ0v) is 13.8. The molecule has 1 amide bonds. The summed E-state index contributed by atoms with van der Waals surface area (Å²) in [6.07, 6.45) is 3.72. The standard InChI is InChI=1S/C16H34N2O/c1-7-15(8-2)18(12-13(3)4)16(19)10-9-11-17-14(5)6/h13-15,17H,7-12H2,1-6H3. The molecule has 0 spiro atoms. The molecule has 0 saturated heterocycles. The lowest BCUT2D eigenvalue weighted by Crippen LogP contribution is -2.42. The van der Waals surface area contributed by atoms with Gasteiger partial charge in [0.05, 0.1) is 0 Å². The highest BCUT2D eigenvalue weighted by Crippen LogP contribution is 2.13. The summed E-state index contributed by atoms with van der Waals surface area (Å²) in [5.74, 6) is 0.867. The maximum atomic E-state index is 12.4. The van der Waals surface area contributed by atoms with Gasteiger partial charge < -0.3 is 10.2 Å². The maximum absolute atomic E-state index is 12.4. The van der Waals surface area contributed by atoms with Crippen LogP contribution in [-0.4, -0.2) is 36.0 Å². The van der Waals surface area contributed by atoms with Crippen LogP contribution in [0.15, 0.2) is 0 Å². The lowest BCUT2D eigenvalue weighted by atomic mass is 10.1. The molecule has 0 radical (unpaired) electrons. The summed E-state index contributed by atoms with van der Waals surface area (Å²) in [7, 11) is 0. The van der Waals surface area contributed by atoms with Crippen LogP contribution in [0.5, 0.6) is 0 Å². The molecule has 0 atom stereocenters. The van der Waals surface area contributed by atoms with Crippen molar-refractivity contribution in [3.05, 3.63) is 0 Å². The third-order valence-corrected chi connectivity index (χ3v) is 3.39. The van der Waals surface area contributed by atoms with E-state index in [0.717, 1.165) is 32.4 Å². The maximum Gasteiger partial charge on any atom is 0.222 e. The van der Waals surface area contributed by atoms with Gasteiger partial charge in [0.1, 0.15) is 0 Å². The first-order chi connectivity index (χ1) is 8.92. The van der Waals surface area contributed by atoms with Gasteiger partial charge in [-0.15, -0.1) is 0 Å². The number of amides is 1. The van der Waals surface area contributed by atoms with E-state index in [1.54, 1.807) is 0 Å². The molecule has 0 aliphatic heterocycles. The molecule has 0 rings (SSSR count). The topological polar surface area (TPSA) is 32.3 Å². The van der Waals surface area contributed by atoms with Crippen molar-refractivity contribution in [2.24, 2.45) is 5.92 Å². The second kappa shape index (κ2) is 10.2. The first-order valence-electron chi connectivity index (χ1n) is 7.95. The minimum absolute atomic E-state index is 0.327.